The van der Waals surface area contributed by atoms with Gasteiger partial charge in [-0.05, 0) is 24.3 Å². The van der Waals surface area contributed by atoms with Gasteiger partial charge in [-0.3, -0.25) is 9.69 Å². The van der Waals surface area contributed by atoms with Crippen LogP contribution in [0, 0.1) is 5.82 Å². The Morgan fingerprint density at radius 2 is 2.24 bits per heavy atom. The van der Waals surface area contributed by atoms with Crippen molar-refractivity contribution in [2.75, 3.05) is 18.0 Å². The molecule has 2 amide bonds. The van der Waals surface area contributed by atoms with Crippen LogP contribution in [0.2, 0.25) is 0 Å². The molecule has 1 aromatic heterocycles. The molecule has 0 radical (unpaired) electrons. The van der Waals surface area contributed by atoms with Crippen molar-refractivity contribution in [1.82, 2.24) is 9.88 Å². The number of aromatic nitrogens is 1. The Bertz CT molecular complexity index is 835. The zero-order valence-corrected chi connectivity index (χ0v) is 12.9. The maximum absolute atomic E-state index is 14.4. The van der Waals surface area contributed by atoms with E-state index in [1.807, 2.05) is 0 Å². The van der Waals surface area contributed by atoms with Crippen molar-refractivity contribution in [2.45, 2.75) is 6.10 Å². The molecule has 9 heteroatoms. The third-order valence-corrected chi connectivity index (χ3v) is 3.76. The van der Waals surface area contributed by atoms with Gasteiger partial charge in [-0.1, -0.05) is 0 Å². The Balaban J connectivity index is 1.81. The number of nitrogens with one attached hydrogen (secondary N) is 1. The van der Waals surface area contributed by atoms with Gasteiger partial charge in [0.15, 0.2) is 0 Å². The lowest BCUT2D eigenvalue weighted by atomic mass is 10.2. The molecule has 25 heavy (non-hydrogen) atoms. The highest BCUT2D eigenvalue weighted by molar-refractivity contribution is 5.90. The summed E-state index contributed by atoms with van der Waals surface area (Å²) in [5, 5.41) is 11.4. The Morgan fingerprint density at radius 3 is 2.88 bits per heavy atom. The van der Waals surface area contributed by atoms with Crippen LogP contribution in [-0.2, 0) is 9.53 Å². The van der Waals surface area contributed by atoms with Crippen LogP contribution in [0.15, 0.2) is 36.7 Å². The summed E-state index contributed by atoms with van der Waals surface area (Å²) in [6, 6.07) is 5.51. The van der Waals surface area contributed by atoms with Gasteiger partial charge < -0.3 is 19.7 Å². The average molecular weight is 347 g/mol. The topological polar surface area (TPSA) is 101 Å². The lowest BCUT2D eigenvalue weighted by Gasteiger charge is -2.14. The number of anilines is 1. The van der Waals surface area contributed by atoms with Crippen LogP contribution >= 0.6 is 0 Å². The molecule has 2 N–H and O–H groups in total. The van der Waals surface area contributed by atoms with E-state index < -0.39 is 24.0 Å². The van der Waals surface area contributed by atoms with Gasteiger partial charge >= 0.3 is 12.1 Å². The van der Waals surface area contributed by atoms with E-state index in [0.29, 0.717) is 12.1 Å². The summed E-state index contributed by atoms with van der Waals surface area (Å²) < 4.78 is 20.9. The van der Waals surface area contributed by atoms with Crippen LogP contribution < -0.4 is 10.2 Å². The highest BCUT2D eigenvalue weighted by atomic mass is 19.1. The first-order valence-electron chi connectivity index (χ1n) is 7.36. The summed E-state index contributed by atoms with van der Waals surface area (Å²) >= 11 is 0. The molecule has 130 valence electrons. The normalized spacial score (nSPS) is 16.6. The fourth-order valence-electron chi connectivity index (χ4n) is 2.56. The third-order valence-electron chi connectivity index (χ3n) is 3.76. The molecular weight excluding hydrogens is 333 g/mol. The van der Waals surface area contributed by atoms with Crippen molar-refractivity contribution in [3.63, 3.8) is 0 Å². The van der Waals surface area contributed by atoms with Gasteiger partial charge in [-0.2, -0.15) is 0 Å². The van der Waals surface area contributed by atoms with E-state index in [-0.39, 0.29) is 24.3 Å². The number of rotatable bonds is 6. The predicted octanol–water partition coefficient (Wildman–Crippen LogP) is 1.39. The summed E-state index contributed by atoms with van der Waals surface area (Å²) in [4.78, 5) is 34.4. The molecule has 1 saturated heterocycles. The van der Waals surface area contributed by atoms with Gasteiger partial charge in [-0.15, -0.1) is 0 Å². The molecule has 3 rings (SSSR count). The first-order chi connectivity index (χ1) is 12.0. The molecule has 8 nitrogen and oxygen atoms in total. The van der Waals surface area contributed by atoms with Crippen molar-refractivity contribution >= 4 is 24.2 Å². The average Bonchev–Trinajstić information content (AvgIpc) is 3.20. The number of cyclic esters (lactones) is 1. The standard InChI is InChI=1S/C16H14FN3O5/c17-13-5-11(20-8-12(6-18-9-21)25-16(20)24)1-2-14(13)19-4-3-10(7-19)15(22)23/h1-5,7,9,12H,6,8H2,(H,18,21)(H,22,23)/t12-/m0/s1. The Morgan fingerprint density at radius 1 is 1.44 bits per heavy atom. The molecule has 2 heterocycles. The Kier molecular flexibility index (Phi) is 4.38. The number of nitrogens with zero attached hydrogens (tertiary/aromatic N) is 2. The van der Waals surface area contributed by atoms with Crippen LogP contribution in [0.4, 0.5) is 14.9 Å². The molecule has 1 aromatic carbocycles. The second-order valence-electron chi connectivity index (χ2n) is 5.39. The van der Waals surface area contributed by atoms with E-state index in [4.69, 9.17) is 9.84 Å². The number of hydrogen-bond donors (Lipinski definition) is 2. The Labute approximate surface area is 141 Å². The summed E-state index contributed by atoms with van der Waals surface area (Å²) in [7, 11) is 0. The molecule has 2 aromatic rings. The largest absolute Gasteiger partial charge is 0.478 e. The molecule has 1 aliphatic rings. The van der Waals surface area contributed by atoms with Crippen LogP contribution in [-0.4, -0.2) is 47.3 Å². The molecule has 0 bridgehead atoms. The van der Waals surface area contributed by atoms with Crippen molar-refractivity contribution in [3.8, 4) is 5.69 Å². The summed E-state index contributed by atoms with van der Waals surface area (Å²) in [5.41, 5.74) is 0.505. The zero-order chi connectivity index (χ0) is 18.0. The summed E-state index contributed by atoms with van der Waals surface area (Å²) in [6.45, 7) is 0.360. The maximum Gasteiger partial charge on any atom is 0.414 e. The highest BCUT2D eigenvalue weighted by Crippen LogP contribution is 2.25. The van der Waals surface area contributed by atoms with Crippen LogP contribution in [0.3, 0.4) is 0 Å². The lowest BCUT2D eigenvalue weighted by Crippen LogP contribution is -2.30. The zero-order valence-electron chi connectivity index (χ0n) is 12.9. The van der Waals surface area contributed by atoms with E-state index in [9.17, 15) is 18.8 Å². The third kappa shape index (κ3) is 3.30. The second kappa shape index (κ2) is 6.63. The first kappa shape index (κ1) is 16.5. The highest BCUT2D eigenvalue weighted by Gasteiger charge is 2.32. The van der Waals surface area contributed by atoms with Gasteiger partial charge in [0.1, 0.15) is 11.9 Å². The molecule has 1 aliphatic heterocycles. The molecule has 0 unspecified atom stereocenters. The number of carbonyl (C=O) groups excluding carboxylic acids is 2. The van der Waals surface area contributed by atoms with Crippen molar-refractivity contribution in [1.29, 1.82) is 0 Å². The maximum atomic E-state index is 14.4. The van der Waals surface area contributed by atoms with Crippen LogP contribution in [0.5, 0.6) is 0 Å². The fraction of sp³-hybridized carbons (Fsp3) is 0.188. The van der Waals surface area contributed by atoms with Crippen molar-refractivity contribution in [2.24, 2.45) is 0 Å². The number of halogens is 1. The first-order valence-corrected chi connectivity index (χ1v) is 7.36. The number of hydrogen-bond acceptors (Lipinski definition) is 4. The molecule has 1 atom stereocenters. The number of carboxylic acid groups (broad SMARTS) is 1. The predicted molar refractivity (Wildman–Crippen MR) is 84.4 cm³/mol. The molecule has 0 aliphatic carbocycles. The molecule has 0 saturated carbocycles. The molecule has 1 fully saturated rings. The van der Waals surface area contributed by atoms with Gasteiger partial charge in [0.05, 0.1) is 30.0 Å². The lowest BCUT2D eigenvalue weighted by molar-refractivity contribution is -0.109. The van der Waals surface area contributed by atoms with Gasteiger partial charge in [0, 0.05) is 12.4 Å². The van der Waals surface area contributed by atoms with Gasteiger partial charge in [-0.25, -0.2) is 14.0 Å². The number of aromatic carboxylic acids is 1. The number of amides is 2. The van der Waals surface area contributed by atoms with Crippen LogP contribution in [0.1, 0.15) is 10.4 Å². The minimum Gasteiger partial charge on any atom is -0.478 e. The summed E-state index contributed by atoms with van der Waals surface area (Å²) in [5.74, 6) is -1.72. The minimum absolute atomic E-state index is 0.0390. The molecule has 0 spiro atoms. The second-order valence-corrected chi connectivity index (χ2v) is 5.39. The fourth-order valence-corrected chi connectivity index (χ4v) is 2.56. The number of carboxylic acids is 1. The van der Waals surface area contributed by atoms with Crippen molar-refractivity contribution in [3.05, 3.63) is 48.0 Å². The number of benzene rings is 1. The van der Waals surface area contributed by atoms with E-state index in [2.05, 4.69) is 5.32 Å². The van der Waals surface area contributed by atoms with Gasteiger partial charge in [0.25, 0.3) is 0 Å². The van der Waals surface area contributed by atoms with Crippen molar-refractivity contribution < 1.29 is 28.6 Å². The number of carbonyl (C=O) groups is 3. The van der Waals surface area contributed by atoms with E-state index in [1.54, 1.807) is 0 Å². The van der Waals surface area contributed by atoms with E-state index >= 15 is 0 Å². The van der Waals surface area contributed by atoms with Gasteiger partial charge in [0.2, 0.25) is 6.41 Å². The Hall–Kier alpha value is -3.36. The van der Waals surface area contributed by atoms with E-state index in [0.717, 1.165) is 0 Å². The summed E-state index contributed by atoms with van der Waals surface area (Å²) in [6.07, 6.45) is 2.10. The number of ether oxygens (including phenoxy) is 1. The minimum atomic E-state index is -1.11. The molecular formula is C16H14FN3O5. The van der Waals surface area contributed by atoms with Crippen LogP contribution in [0.25, 0.3) is 5.69 Å². The monoisotopic (exact) mass is 347 g/mol. The van der Waals surface area contributed by atoms with E-state index in [1.165, 1.54) is 46.1 Å². The smallest absolute Gasteiger partial charge is 0.414 e. The quantitative estimate of drug-likeness (QED) is 0.769. The SMILES string of the molecule is O=CNC[C@H]1CN(c2ccc(-n3ccc(C(=O)O)c3)c(F)c2)C(=O)O1.